The van der Waals surface area contributed by atoms with E-state index in [1.807, 2.05) is 0 Å². The van der Waals surface area contributed by atoms with Crippen molar-refractivity contribution in [2.24, 2.45) is 0 Å². The Morgan fingerprint density at radius 3 is 0.865 bits per heavy atom. The first-order chi connectivity index (χ1) is 25.5. The molecule has 1 atom stereocenters. The zero-order valence-corrected chi connectivity index (χ0v) is 36.9. The topological polar surface area (TPSA) is 0 Å². The summed E-state index contributed by atoms with van der Waals surface area (Å²) in [4.78, 5) is 0. The second-order valence-corrected chi connectivity index (χ2v) is 18.0. The van der Waals surface area contributed by atoms with Gasteiger partial charge in [-0.1, -0.05) is 257 Å². The minimum atomic E-state index is 0.246. The van der Waals surface area contributed by atoms with Crippen molar-refractivity contribution in [3.63, 3.8) is 0 Å². The second kappa shape index (κ2) is 35.9. The molecule has 0 spiro atoms. The molecule has 0 aliphatic rings. The number of rotatable bonds is 41. The molecule has 0 amide bonds. The van der Waals surface area contributed by atoms with E-state index in [-0.39, 0.29) is 5.54 Å². The Morgan fingerprint density at radius 2 is 0.577 bits per heavy atom. The van der Waals surface area contributed by atoms with Crippen molar-refractivity contribution in [3.05, 3.63) is 35.9 Å². The summed E-state index contributed by atoms with van der Waals surface area (Å²) in [5.74, 6) is 0. The van der Waals surface area contributed by atoms with Gasteiger partial charge in [-0.2, -0.15) is 0 Å². The average molecular weight is 725 g/mol. The maximum atomic E-state index is 2.62. The van der Waals surface area contributed by atoms with Crippen molar-refractivity contribution in [1.82, 2.24) is 0 Å². The maximum Gasteiger partial charge on any atom is 0.124 e. The van der Waals surface area contributed by atoms with Crippen molar-refractivity contribution in [2.75, 3.05) is 20.6 Å². The highest BCUT2D eigenvalue weighted by molar-refractivity contribution is 5.22. The molecule has 1 aromatic rings. The average Bonchev–Trinajstić information content (AvgIpc) is 3.15. The molecule has 0 bridgehead atoms. The Hall–Kier alpha value is -0.820. The van der Waals surface area contributed by atoms with E-state index in [0.29, 0.717) is 0 Å². The highest BCUT2D eigenvalue weighted by Gasteiger charge is 2.45. The summed E-state index contributed by atoms with van der Waals surface area (Å²) < 4.78 is 1.17. The minimum absolute atomic E-state index is 0.246. The molecule has 0 N–H and O–H groups in total. The highest BCUT2D eigenvalue weighted by atomic mass is 15.4. The van der Waals surface area contributed by atoms with Gasteiger partial charge in [0.25, 0.3) is 0 Å². The van der Waals surface area contributed by atoms with Gasteiger partial charge < -0.3 is 4.48 Å². The Labute approximate surface area is 330 Å². The van der Waals surface area contributed by atoms with Crippen molar-refractivity contribution >= 4 is 0 Å². The number of hydrogen-bond donors (Lipinski definition) is 0. The first-order valence-electron chi connectivity index (χ1n) is 24.4. The van der Waals surface area contributed by atoms with Gasteiger partial charge in [-0.05, 0) is 25.7 Å². The zero-order chi connectivity index (χ0) is 37.7. The molecule has 1 nitrogen and oxygen atoms in total. The molecule has 0 radical (unpaired) electrons. The normalized spacial score (nSPS) is 13.2. The highest BCUT2D eigenvalue weighted by Crippen LogP contribution is 2.43. The first kappa shape index (κ1) is 49.2. The number of benzene rings is 1. The van der Waals surface area contributed by atoms with Crippen molar-refractivity contribution in [3.8, 4) is 0 Å². The fraction of sp³-hybridized carbons (Fsp3) is 0.882. The van der Waals surface area contributed by atoms with Crippen molar-refractivity contribution in [2.45, 2.75) is 270 Å². The minimum Gasteiger partial charge on any atom is -0.320 e. The van der Waals surface area contributed by atoms with E-state index in [9.17, 15) is 0 Å². The number of nitrogens with zero attached hydrogens (tertiary/aromatic N) is 1. The quantitative estimate of drug-likeness (QED) is 0.0466. The summed E-state index contributed by atoms with van der Waals surface area (Å²) in [7, 11) is 5.23. The molecular weight excluding hydrogens is 627 g/mol. The van der Waals surface area contributed by atoms with E-state index < -0.39 is 0 Å². The van der Waals surface area contributed by atoms with Gasteiger partial charge in [0, 0.05) is 18.4 Å². The molecule has 0 fully saturated rings. The Kier molecular flexibility index (Phi) is 33.9. The number of hydrogen-bond acceptors (Lipinski definition) is 0. The summed E-state index contributed by atoms with van der Waals surface area (Å²) >= 11 is 0. The molecule has 52 heavy (non-hydrogen) atoms. The van der Waals surface area contributed by atoms with Gasteiger partial charge in [0.05, 0.1) is 20.6 Å². The summed E-state index contributed by atoms with van der Waals surface area (Å²) in [5, 5.41) is 0. The third kappa shape index (κ3) is 25.3. The van der Waals surface area contributed by atoms with Crippen LogP contribution in [0.3, 0.4) is 0 Å². The molecule has 1 unspecified atom stereocenters. The molecule has 1 aromatic carbocycles. The molecule has 0 saturated heterocycles. The van der Waals surface area contributed by atoms with Crippen LogP contribution in [0.2, 0.25) is 0 Å². The van der Waals surface area contributed by atoms with E-state index >= 15 is 0 Å². The molecule has 1 heteroatoms. The van der Waals surface area contributed by atoms with E-state index in [4.69, 9.17) is 0 Å². The third-order valence-corrected chi connectivity index (χ3v) is 12.9. The largest absolute Gasteiger partial charge is 0.320 e. The lowest BCUT2D eigenvalue weighted by molar-refractivity contribution is -0.951. The lowest BCUT2D eigenvalue weighted by Crippen LogP contribution is -2.57. The van der Waals surface area contributed by atoms with Crippen LogP contribution < -0.4 is 0 Å². The molecule has 0 aliphatic carbocycles. The molecule has 0 aromatic heterocycles. The standard InChI is InChI=1S/C51H98N/c1-6-9-12-15-18-21-24-26-27-29-32-35-38-44-49-52(4,5)51(50-45-40-39-41-46-50,47-42-36-33-30-23-20-17-14-11-8-3)48-43-37-34-31-28-25-22-19-16-13-10-7-2/h39-41,45-46H,6-38,42-44,47-49H2,1-5H3/q+1. The van der Waals surface area contributed by atoms with Crippen LogP contribution in [0, 0.1) is 0 Å². The first-order valence-corrected chi connectivity index (χ1v) is 24.4. The molecule has 0 heterocycles. The molecular formula is C51H98N+. The number of quaternary nitrogens is 1. The van der Waals surface area contributed by atoms with E-state index in [1.54, 1.807) is 5.56 Å². The second-order valence-electron chi connectivity index (χ2n) is 18.0. The summed E-state index contributed by atoms with van der Waals surface area (Å²) in [6, 6.07) is 11.9. The lowest BCUT2D eigenvalue weighted by atomic mass is 9.77. The van der Waals surface area contributed by atoms with Crippen molar-refractivity contribution in [1.29, 1.82) is 0 Å². The van der Waals surface area contributed by atoms with Gasteiger partial charge in [0.2, 0.25) is 0 Å². The third-order valence-electron chi connectivity index (χ3n) is 12.9. The van der Waals surface area contributed by atoms with Crippen LogP contribution in [0.5, 0.6) is 0 Å². The van der Waals surface area contributed by atoms with Gasteiger partial charge >= 0.3 is 0 Å². The Morgan fingerprint density at radius 1 is 0.327 bits per heavy atom. The summed E-state index contributed by atoms with van der Waals surface area (Å²) in [5.41, 5.74) is 1.88. The van der Waals surface area contributed by atoms with E-state index in [2.05, 4.69) is 65.2 Å². The fourth-order valence-corrected chi connectivity index (χ4v) is 9.20. The van der Waals surface area contributed by atoms with Crippen LogP contribution in [0.25, 0.3) is 0 Å². The molecule has 1 rings (SSSR count). The Bertz CT molecular complexity index is 829. The van der Waals surface area contributed by atoms with Crippen LogP contribution in [0.15, 0.2) is 30.3 Å². The van der Waals surface area contributed by atoms with Gasteiger partial charge in [-0.15, -0.1) is 0 Å². The number of unbranched alkanes of at least 4 members (excludes halogenated alkanes) is 33. The Balaban J connectivity index is 2.64. The molecule has 0 aliphatic heterocycles. The fourth-order valence-electron chi connectivity index (χ4n) is 9.20. The van der Waals surface area contributed by atoms with Gasteiger partial charge in [0.1, 0.15) is 5.54 Å². The van der Waals surface area contributed by atoms with Gasteiger partial charge in [0.15, 0.2) is 0 Å². The van der Waals surface area contributed by atoms with Crippen LogP contribution in [-0.2, 0) is 5.54 Å². The SMILES string of the molecule is CCCCCCCCCCCCCCCC[N+](C)(C)C(CCCCCCCCCCCC)(CCCCCCCCCCCCCC)c1ccccc1. The maximum absolute atomic E-state index is 2.62. The van der Waals surface area contributed by atoms with E-state index in [0.717, 1.165) is 0 Å². The monoisotopic (exact) mass is 725 g/mol. The zero-order valence-electron chi connectivity index (χ0n) is 36.9. The van der Waals surface area contributed by atoms with E-state index in [1.165, 1.54) is 255 Å². The predicted molar refractivity (Wildman–Crippen MR) is 238 cm³/mol. The van der Waals surface area contributed by atoms with Gasteiger partial charge in [-0.3, -0.25) is 0 Å². The lowest BCUT2D eigenvalue weighted by Gasteiger charge is -2.50. The predicted octanol–water partition coefficient (Wildman–Crippen LogP) is 17.8. The summed E-state index contributed by atoms with van der Waals surface area (Å²) in [6.07, 6.45) is 54.4. The van der Waals surface area contributed by atoms with Crippen LogP contribution in [0.4, 0.5) is 0 Å². The molecule has 306 valence electrons. The summed E-state index contributed by atoms with van der Waals surface area (Å²) in [6.45, 7) is 8.29. The molecule has 0 saturated carbocycles. The van der Waals surface area contributed by atoms with Gasteiger partial charge in [-0.25, -0.2) is 0 Å². The van der Waals surface area contributed by atoms with Crippen LogP contribution in [-0.4, -0.2) is 25.1 Å². The van der Waals surface area contributed by atoms with Crippen LogP contribution >= 0.6 is 0 Å². The van der Waals surface area contributed by atoms with Crippen molar-refractivity contribution < 1.29 is 4.48 Å². The van der Waals surface area contributed by atoms with Crippen LogP contribution in [0.1, 0.15) is 270 Å². The smallest absolute Gasteiger partial charge is 0.124 e.